The second kappa shape index (κ2) is 5.40. The van der Waals surface area contributed by atoms with Crippen molar-refractivity contribution >= 4 is 17.1 Å². The highest BCUT2D eigenvalue weighted by atomic mass is 19.1. The van der Waals surface area contributed by atoms with Crippen molar-refractivity contribution in [1.29, 1.82) is 5.26 Å². The fourth-order valence-electron chi connectivity index (χ4n) is 1.99. The van der Waals surface area contributed by atoms with Crippen molar-refractivity contribution in [2.45, 2.75) is 6.92 Å². The molecule has 2 aromatic rings. The molecule has 0 saturated carbocycles. The summed E-state index contributed by atoms with van der Waals surface area (Å²) in [6.45, 7) is 2.46. The Balaban J connectivity index is 2.55. The second-order valence-corrected chi connectivity index (χ2v) is 4.08. The monoisotopic (exact) mass is 255 g/mol. The number of para-hydroxylation sites is 1. The molecule has 3 nitrogen and oxygen atoms in total. The molecule has 2 N–H and O–H groups in total. The normalized spacial score (nSPS) is 9.95. The van der Waals surface area contributed by atoms with E-state index in [-0.39, 0.29) is 5.82 Å². The van der Waals surface area contributed by atoms with Crippen LogP contribution in [0.5, 0.6) is 0 Å². The average molecular weight is 255 g/mol. The van der Waals surface area contributed by atoms with Crippen LogP contribution in [0, 0.1) is 17.1 Å². The third-order valence-electron chi connectivity index (χ3n) is 2.91. The highest BCUT2D eigenvalue weighted by Gasteiger charge is 2.14. The van der Waals surface area contributed by atoms with Crippen LogP contribution in [0.2, 0.25) is 0 Å². The van der Waals surface area contributed by atoms with Crippen molar-refractivity contribution in [3.8, 4) is 6.07 Å². The van der Waals surface area contributed by atoms with Crippen LogP contribution in [-0.4, -0.2) is 6.54 Å². The molecule has 0 aliphatic rings. The molecule has 0 atom stereocenters. The molecule has 0 saturated heterocycles. The van der Waals surface area contributed by atoms with Gasteiger partial charge in [-0.1, -0.05) is 12.1 Å². The minimum absolute atomic E-state index is 0.314. The lowest BCUT2D eigenvalue weighted by Crippen LogP contribution is -2.18. The average Bonchev–Trinajstić information content (AvgIpc) is 2.43. The maximum Gasteiger partial charge on any atom is 0.146 e. The Bertz CT molecular complexity index is 632. The lowest BCUT2D eigenvalue weighted by atomic mass is 10.1. The maximum atomic E-state index is 13.9. The molecule has 2 aromatic carbocycles. The van der Waals surface area contributed by atoms with Crippen LogP contribution in [0.3, 0.4) is 0 Å². The zero-order valence-corrected chi connectivity index (χ0v) is 10.6. The molecule has 4 heteroatoms. The predicted octanol–water partition coefficient (Wildman–Crippen LogP) is 3.44. The number of halogens is 1. The molecule has 0 radical (unpaired) electrons. The first-order chi connectivity index (χ1) is 9.17. The standard InChI is InChI=1S/C15H14FN3/c1-2-19(14-6-4-3-5-12(14)16)15-9-11(10-17)7-8-13(15)18/h3-9H,2,18H2,1H3. The van der Waals surface area contributed by atoms with Gasteiger partial charge in [-0.3, -0.25) is 0 Å². The highest BCUT2D eigenvalue weighted by Crippen LogP contribution is 2.32. The molecule has 19 heavy (non-hydrogen) atoms. The molecule has 0 fully saturated rings. The van der Waals surface area contributed by atoms with Crippen LogP contribution in [0.15, 0.2) is 42.5 Å². The molecule has 96 valence electrons. The quantitative estimate of drug-likeness (QED) is 0.855. The van der Waals surface area contributed by atoms with Crippen LogP contribution in [0.1, 0.15) is 12.5 Å². The van der Waals surface area contributed by atoms with Crippen LogP contribution >= 0.6 is 0 Å². The van der Waals surface area contributed by atoms with Crippen molar-refractivity contribution in [3.63, 3.8) is 0 Å². The van der Waals surface area contributed by atoms with Gasteiger partial charge in [0.15, 0.2) is 0 Å². The van der Waals surface area contributed by atoms with E-state index >= 15 is 0 Å². The molecule has 0 aliphatic heterocycles. The van der Waals surface area contributed by atoms with Crippen LogP contribution in [-0.2, 0) is 0 Å². The van der Waals surface area contributed by atoms with Gasteiger partial charge in [-0.2, -0.15) is 5.26 Å². The summed E-state index contributed by atoms with van der Waals surface area (Å²) in [6, 6.07) is 13.6. The van der Waals surface area contributed by atoms with Crippen LogP contribution in [0.4, 0.5) is 21.5 Å². The molecule has 0 spiro atoms. The number of nitrogen functional groups attached to an aromatic ring is 1. The zero-order valence-electron chi connectivity index (χ0n) is 10.6. The van der Waals surface area contributed by atoms with Gasteiger partial charge in [-0.25, -0.2) is 4.39 Å². The minimum atomic E-state index is -0.314. The first-order valence-electron chi connectivity index (χ1n) is 5.99. The Morgan fingerprint density at radius 2 is 1.95 bits per heavy atom. The number of benzene rings is 2. The van der Waals surface area contributed by atoms with Crippen molar-refractivity contribution in [1.82, 2.24) is 0 Å². The van der Waals surface area contributed by atoms with Gasteiger partial charge in [0.05, 0.1) is 28.7 Å². The first kappa shape index (κ1) is 12.9. The Morgan fingerprint density at radius 3 is 2.58 bits per heavy atom. The summed E-state index contributed by atoms with van der Waals surface area (Å²) in [5.41, 5.74) is 8.05. The van der Waals surface area contributed by atoms with Gasteiger partial charge < -0.3 is 10.6 Å². The lowest BCUT2D eigenvalue weighted by Gasteiger charge is -2.25. The van der Waals surface area contributed by atoms with E-state index in [0.29, 0.717) is 29.2 Å². The van der Waals surface area contributed by atoms with Gasteiger partial charge in [0, 0.05) is 6.54 Å². The molecule has 0 unspecified atom stereocenters. The number of anilines is 3. The number of nitrogens with two attached hydrogens (primary N) is 1. The van der Waals surface area contributed by atoms with Gasteiger partial charge in [-0.05, 0) is 37.3 Å². The minimum Gasteiger partial charge on any atom is -0.397 e. The van der Waals surface area contributed by atoms with E-state index in [1.165, 1.54) is 6.07 Å². The predicted molar refractivity (Wildman–Crippen MR) is 74.6 cm³/mol. The molecule has 2 rings (SSSR count). The summed E-state index contributed by atoms with van der Waals surface area (Å²) >= 11 is 0. The van der Waals surface area contributed by atoms with Gasteiger partial charge >= 0.3 is 0 Å². The summed E-state index contributed by atoms with van der Waals surface area (Å²) in [5.74, 6) is -0.314. The fourth-order valence-corrected chi connectivity index (χ4v) is 1.99. The van der Waals surface area contributed by atoms with E-state index in [1.54, 1.807) is 41.3 Å². The first-order valence-corrected chi connectivity index (χ1v) is 5.99. The summed E-state index contributed by atoms with van der Waals surface area (Å²) in [4.78, 5) is 1.76. The van der Waals surface area contributed by atoms with Gasteiger partial charge in [0.1, 0.15) is 5.82 Å². The SMILES string of the molecule is CCN(c1cc(C#N)ccc1N)c1ccccc1F. The molecular weight excluding hydrogens is 241 g/mol. The lowest BCUT2D eigenvalue weighted by molar-refractivity contribution is 0.626. The third kappa shape index (κ3) is 2.50. The van der Waals surface area contributed by atoms with Gasteiger partial charge in [-0.15, -0.1) is 0 Å². The molecule has 0 bridgehead atoms. The molecule has 0 amide bonds. The van der Waals surface area contributed by atoms with Gasteiger partial charge in [0.25, 0.3) is 0 Å². The second-order valence-electron chi connectivity index (χ2n) is 4.08. The maximum absolute atomic E-state index is 13.9. The van der Waals surface area contributed by atoms with Crippen molar-refractivity contribution in [2.24, 2.45) is 0 Å². The van der Waals surface area contributed by atoms with Crippen LogP contribution < -0.4 is 10.6 Å². The number of nitrogens with zero attached hydrogens (tertiary/aromatic N) is 2. The highest BCUT2D eigenvalue weighted by molar-refractivity contribution is 5.76. The van der Waals surface area contributed by atoms with E-state index in [0.717, 1.165) is 0 Å². The van der Waals surface area contributed by atoms with E-state index in [1.807, 2.05) is 6.92 Å². The largest absolute Gasteiger partial charge is 0.397 e. The Morgan fingerprint density at radius 1 is 1.21 bits per heavy atom. The number of hydrogen-bond acceptors (Lipinski definition) is 3. The Hall–Kier alpha value is -2.54. The molecule has 0 heterocycles. The Kier molecular flexibility index (Phi) is 3.67. The van der Waals surface area contributed by atoms with Crippen LogP contribution in [0.25, 0.3) is 0 Å². The summed E-state index contributed by atoms with van der Waals surface area (Å²) in [7, 11) is 0. The summed E-state index contributed by atoms with van der Waals surface area (Å²) in [6.07, 6.45) is 0. The van der Waals surface area contributed by atoms with Crippen molar-refractivity contribution < 1.29 is 4.39 Å². The van der Waals surface area contributed by atoms with E-state index < -0.39 is 0 Å². The van der Waals surface area contributed by atoms with E-state index in [9.17, 15) is 4.39 Å². The Labute approximate surface area is 111 Å². The number of hydrogen-bond donors (Lipinski definition) is 1. The third-order valence-corrected chi connectivity index (χ3v) is 2.91. The zero-order chi connectivity index (χ0) is 13.8. The van der Waals surface area contributed by atoms with Gasteiger partial charge in [0.2, 0.25) is 0 Å². The molecule has 0 aromatic heterocycles. The topological polar surface area (TPSA) is 53.0 Å². The molecular formula is C15H14FN3. The van der Waals surface area contributed by atoms with Crippen molar-refractivity contribution in [2.75, 3.05) is 17.2 Å². The summed E-state index contributed by atoms with van der Waals surface area (Å²) in [5, 5.41) is 8.95. The molecule has 0 aliphatic carbocycles. The van der Waals surface area contributed by atoms with Crippen molar-refractivity contribution in [3.05, 3.63) is 53.8 Å². The van der Waals surface area contributed by atoms with E-state index in [2.05, 4.69) is 6.07 Å². The van der Waals surface area contributed by atoms with E-state index in [4.69, 9.17) is 11.0 Å². The fraction of sp³-hybridized carbons (Fsp3) is 0.133. The smallest absolute Gasteiger partial charge is 0.146 e. The number of rotatable bonds is 3. The summed E-state index contributed by atoms with van der Waals surface area (Å²) < 4.78 is 13.9. The number of nitriles is 1.